The molecule has 114 valence electrons. The second kappa shape index (κ2) is 6.43. The number of rotatable bonds is 5. The maximum Gasteiger partial charge on any atom is 0.321 e. The van der Waals surface area contributed by atoms with E-state index in [0.29, 0.717) is 11.0 Å². The minimum atomic E-state index is -2.69. The Morgan fingerprint density at radius 1 is 1.29 bits per heavy atom. The molecule has 2 rings (SSSR count). The first kappa shape index (κ1) is 15.8. The molecule has 1 amide bonds. The number of alkyl halides is 2. The Kier molecular flexibility index (Phi) is 4.82. The van der Waals surface area contributed by atoms with Crippen LogP contribution in [0.2, 0.25) is 0 Å². The number of hydrogen-bond donors (Lipinski definition) is 1. The first-order valence-electron chi connectivity index (χ1n) is 6.62. The summed E-state index contributed by atoms with van der Waals surface area (Å²) < 4.78 is 27.4. The fourth-order valence-corrected chi connectivity index (χ4v) is 2.84. The number of carbonyl (C=O) groups is 1. The summed E-state index contributed by atoms with van der Waals surface area (Å²) in [6, 6.07) is 6.71. The highest BCUT2D eigenvalue weighted by atomic mass is 32.2. The summed E-state index contributed by atoms with van der Waals surface area (Å²) in [6.07, 6.45) is 0. The lowest BCUT2D eigenvalue weighted by Gasteiger charge is -2.14. The number of nitrogens with one attached hydrogen (secondary N) is 1. The van der Waals surface area contributed by atoms with Crippen molar-refractivity contribution in [3.05, 3.63) is 24.3 Å². The zero-order valence-corrected chi connectivity index (χ0v) is 12.8. The third-order valence-electron chi connectivity index (χ3n) is 2.84. The Morgan fingerprint density at radius 3 is 2.57 bits per heavy atom. The Bertz CT molecular complexity index is 642. The van der Waals surface area contributed by atoms with Crippen molar-refractivity contribution in [2.75, 3.05) is 0 Å². The van der Waals surface area contributed by atoms with Crippen molar-refractivity contribution in [1.82, 2.24) is 14.9 Å². The van der Waals surface area contributed by atoms with E-state index in [9.17, 15) is 13.6 Å². The summed E-state index contributed by atoms with van der Waals surface area (Å²) >= 11 is 1.03. The number of carbonyl (C=O) groups excluding carboxylic acids is 1. The van der Waals surface area contributed by atoms with Gasteiger partial charge < -0.3 is 5.32 Å². The van der Waals surface area contributed by atoms with Gasteiger partial charge >= 0.3 is 6.55 Å². The van der Waals surface area contributed by atoms with Crippen LogP contribution in [0.5, 0.6) is 0 Å². The minimum Gasteiger partial charge on any atom is -0.353 e. The van der Waals surface area contributed by atoms with Crippen molar-refractivity contribution >= 4 is 28.7 Å². The van der Waals surface area contributed by atoms with Gasteiger partial charge in [-0.3, -0.25) is 9.36 Å². The van der Waals surface area contributed by atoms with Crippen molar-refractivity contribution in [3.8, 4) is 0 Å². The molecule has 1 aromatic heterocycles. The molecule has 7 heteroatoms. The lowest BCUT2D eigenvalue weighted by molar-refractivity contribution is -0.120. The summed E-state index contributed by atoms with van der Waals surface area (Å²) in [7, 11) is 0. The molecule has 0 aliphatic carbocycles. The number of amides is 1. The van der Waals surface area contributed by atoms with E-state index in [4.69, 9.17) is 0 Å². The zero-order chi connectivity index (χ0) is 15.6. The minimum absolute atomic E-state index is 0.00876. The maximum atomic E-state index is 13.3. The molecule has 0 saturated heterocycles. The number of thioether (sulfide) groups is 1. The molecule has 1 N–H and O–H groups in total. The van der Waals surface area contributed by atoms with Crippen LogP contribution in [0.15, 0.2) is 29.4 Å². The fraction of sp³-hybridized carbons (Fsp3) is 0.429. The van der Waals surface area contributed by atoms with Crippen LogP contribution in [0.3, 0.4) is 0 Å². The van der Waals surface area contributed by atoms with E-state index in [2.05, 4.69) is 10.3 Å². The molecule has 2 aromatic rings. The van der Waals surface area contributed by atoms with Gasteiger partial charge in [0.1, 0.15) is 0 Å². The lowest BCUT2D eigenvalue weighted by Crippen LogP contribution is -2.36. The van der Waals surface area contributed by atoms with Crippen LogP contribution < -0.4 is 5.32 Å². The van der Waals surface area contributed by atoms with Crippen molar-refractivity contribution in [1.29, 1.82) is 0 Å². The predicted octanol–water partition coefficient (Wildman–Crippen LogP) is 3.44. The fourth-order valence-electron chi connectivity index (χ4n) is 1.91. The van der Waals surface area contributed by atoms with Crippen molar-refractivity contribution in [2.24, 2.45) is 0 Å². The van der Waals surface area contributed by atoms with E-state index in [0.717, 1.165) is 16.3 Å². The topological polar surface area (TPSA) is 46.9 Å². The number of fused-ring (bicyclic) bond motifs is 1. The van der Waals surface area contributed by atoms with Crippen LogP contribution in [0.1, 0.15) is 27.3 Å². The zero-order valence-electron chi connectivity index (χ0n) is 12.0. The second-order valence-corrected chi connectivity index (χ2v) is 6.26. The first-order valence-corrected chi connectivity index (χ1v) is 7.50. The summed E-state index contributed by atoms with van der Waals surface area (Å²) in [5.41, 5.74) is 0.864. The molecule has 0 aliphatic rings. The lowest BCUT2D eigenvalue weighted by atomic mass is 10.3. The van der Waals surface area contributed by atoms with E-state index in [1.165, 1.54) is 0 Å². The number of hydrogen-bond acceptors (Lipinski definition) is 3. The van der Waals surface area contributed by atoms with Gasteiger partial charge in [-0.05, 0) is 32.9 Å². The molecule has 1 unspecified atom stereocenters. The van der Waals surface area contributed by atoms with Crippen LogP contribution in [0.25, 0.3) is 11.0 Å². The van der Waals surface area contributed by atoms with Crippen LogP contribution in [-0.2, 0) is 4.79 Å². The molecular formula is C14H17F2N3OS. The number of imidazole rings is 1. The van der Waals surface area contributed by atoms with E-state index < -0.39 is 11.8 Å². The van der Waals surface area contributed by atoms with Crippen LogP contribution in [-0.4, -0.2) is 26.8 Å². The van der Waals surface area contributed by atoms with Gasteiger partial charge in [0.25, 0.3) is 0 Å². The van der Waals surface area contributed by atoms with Gasteiger partial charge in [-0.25, -0.2) is 4.98 Å². The van der Waals surface area contributed by atoms with Crippen LogP contribution >= 0.6 is 11.8 Å². The monoisotopic (exact) mass is 313 g/mol. The molecule has 0 aliphatic heterocycles. The van der Waals surface area contributed by atoms with Crippen molar-refractivity contribution in [3.63, 3.8) is 0 Å². The maximum absolute atomic E-state index is 13.3. The van der Waals surface area contributed by atoms with Gasteiger partial charge in [0.05, 0.1) is 16.3 Å². The molecule has 0 saturated carbocycles. The highest BCUT2D eigenvalue weighted by Gasteiger charge is 2.23. The second-order valence-electron chi connectivity index (χ2n) is 4.95. The standard InChI is InChI=1S/C14H17F2N3OS/c1-8(2)17-12(20)9(3)21-14-18-10-6-4-5-7-11(10)19(14)13(15)16/h4-9,13H,1-3H3,(H,17,20). The molecule has 0 spiro atoms. The number of halogens is 2. The average Bonchev–Trinajstić information content (AvgIpc) is 2.75. The molecule has 0 bridgehead atoms. The van der Waals surface area contributed by atoms with Crippen LogP contribution in [0, 0.1) is 0 Å². The molecule has 0 radical (unpaired) electrons. The molecule has 1 atom stereocenters. The van der Waals surface area contributed by atoms with E-state index >= 15 is 0 Å². The molecule has 0 fully saturated rings. The van der Waals surface area contributed by atoms with Gasteiger partial charge in [0, 0.05) is 6.04 Å². The summed E-state index contributed by atoms with van der Waals surface area (Å²) in [5.74, 6) is -0.192. The SMILES string of the molecule is CC(C)NC(=O)C(C)Sc1nc2ccccc2n1C(F)F. The largest absolute Gasteiger partial charge is 0.353 e. The van der Waals surface area contributed by atoms with Gasteiger partial charge in [0.2, 0.25) is 5.91 Å². The van der Waals surface area contributed by atoms with Gasteiger partial charge in [-0.15, -0.1) is 0 Å². The van der Waals surface area contributed by atoms with E-state index in [-0.39, 0.29) is 17.1 Å². The summed E-state index contributed by atoms with van der Waals surface area (Å²) in [6.45, 7) is 2.69. The third kappa shape index (κ3) is 3.53. The first-order chi connectivity index (χ1) is 9.90. The van der Waals surface area contributed by atoms with Gasteiger partial charge in [0.15, 0.2) is 5.16 Å². The molecule has 4 nitrogen and oxygen atoms in total. The Balaban J connectivity index is 2.29. The normalized spacial score (nSPS) is 13.1. The highest BCUT2D eigenvalue weighted by Crippen LogP contribution is 2.31. The van der Waals surface area contributed by atoms with Crippen molar-refractivity contribution < 1.29 is 13.6 Å². The summed E-state index contributed by atoms with van der Waals surface area (Å²) in [5, 5.41) is 2.41. The molecule has 21 heavy (non-hydrogen) atoms. The Hall–Kier alpha value is -1.63. The quantitative estimate of drug-likeness (QED) is 0.860. The highest BCUT2D eigenvalue weighted by molar-refractivity contribution is 8.00. The van der Waals surface area contributed by atoms with Gasteiger partial charge in [-0.2, -0.15) is 8.78 Å². The number of nitrogens with zero attached hydrogens (tertiary/aromatic N) is 2. The predicted molar refractivity (Wildman–Crippen MR) is 79.6 cm³/mol. The Labute approximate surface area is 125 Å². The number of aromatic nitrogens is 2. The number of para-hydroxylation sites is 2. The van der Waals surface area contributed by atoms with Crippen LogP contribution in [0.4, 0.5) is 8.78 Å². The van der Waals surface area contributed by atoms with Gasteiger partial charge in [-0.1, -0.05) is 23.9 Å². The van der Waals surface area contributed by atoms with E-state index in [1.807, 2.05) is 13.8 Å². The van der Waals surface area contributed by atoms with E-state index in [1.54, 1.807) is 31.2 Å². The molecular weight excluding hydrogens is 296 g/mol. The summed E-state index contributed by atoms with van der Waals surface area (Å²) in [4.78, 5) is 16.1. The molecule has 1 heterocycles. The average molecular weight is 313 g/mol. The Morgan fingerprint density at radius 2 is 1.95 bits per heavy atom. The number of benzene rings is 1. The van der Waals surface area contributed by atoms with Crippen molar-refractivity contribution in [2.45, 2.75) is 43.8 Å². The smallest absolute Gasteiger partial charge is 0.321 e. The molecule has 1 aromatic carbocycles. The third-order valence-corrected chi connectivity index (χ3v) is 3.91.